The molecule has 0 aliphatic carbocycles. The molecule has 0 aromatic heterocycles. The van der Waals surface area contributed by atoms with Gasteiger partial charge in [-0.05, 0) is 51.0 Å². The van der Waals surface area contributed by atoms with Gasteiger partial charge in [0.15, 0.2) is 0 Å². The molecule has 0 radical (unpaired) electrons. The van der Waals surface area contributed by atoms with Crippen molar-refractivity contribution in [3.63, 3.8) is 0 Å². The number of rotatable bonds is 11. The Hall–Kier alpha value is -2.28. The van der Waals surface area contributed by atoms with Crippen molar-refractivity contribution in [3.8, 4) is 11.5 Å². The van der Waals surface area contributed by atoms with Gasteiger partial charge in [-0.3, -0.25) is 9.59 Å². The van der Waals surface area contributed by atoms with Gasteiger partial charge in [0.05, 0.1) is 19.9 Å². The minimum Gasteiger partial charge on any atom is -0.497 e. The van der Waals surface area contributed by atoms with Crippen molar-refractivity contribution >= 4 is 17.5 Å². The summed E-state index contributed by atoms with van der Waals surface area (Å²) < 4.78 is 10.3. The van der Waals surface area contributed by atoms with E-state index in [0.29, 0.717) is 23.7 Å². The van der Waals surface area contributed by atoms with Crippen LogP contribution in [-0.2, 0) is 9.59 Å². The number of carbonyl (C=O) groups excluding carboxylic acids is 2. The predicted molar refractivity (Wildman–Crippen MR) is 103 cm³/mol. The van der Waals surface area contributed by atoms with Gasteiger partial charge in [-0.15, -0.1) is 0 Å². The summed E-state index contributed by atoms with van der Waals surface area (Å²) in [4.78, 5) is 26.4. The van der Waals surface area contributed by atoms with Crippen LogP contribution in [0.15, 0.2) is 18.2 Å². The molecular weight excluding hydrogens is 334 g/mol. The van der Waals surface area contributed by atoms with Crippen molar-refractivity contribution in [3.05, 3.63) is 18.2 Å². The Morgan fingerprint density at radius 1 is 1.00 bits per heavy atom. The van der Waals surface area contributed by atoms with Crippen LogP contribution in [0.5, 0.6) is 11.5 Å². The van der Waals surface area contributed by atoms with Crippen LogP contribution in [-0.4, -0.2) is 57.1 Å². The summed E-state index contributed by atoms with van der Waals surface area (Å²) in [5.41, 5.74) is 0.393. The number of nitrogens with zero attached hydrogens (tertiary/aromatic N) is 1. The molecule has 0 aliphatic rings. The fourth-order valence-electron chi connectivity index (χ4n) is 2.64. The van der Waals surface area contributed by atoms with Crippen LogP contribution in [0.1, 0.15) is 33.1 Å². The van der Waals surface area contributed by atoms with Gasteiger partial charge in [0.1, 0.15) is 11.5 Å². The van der Waals surface area contributed by atoms with E-state index in [9.17, 15) is 9.59 Å². The van der Waals surface area contributed by atoms with Crippen molar-refractivity contribution in [1.82, 2.24) is 10.2 Å². The zero-order valence-electron chi connectivity index (χ0n) is 16.3. The van der Waals surface area contributed by atoms with Crippen molar-refractivity contribution in [1.29, 1.82) is 0 Å². The van der Waals surface area contributed by atoms with Gasteiger partial charge in [-0.1, -0.05) is 13.8 Å². The summed E-state index contributed by atoms with van der Waals surface area (Å²) in [6.45, 7) is 7.79. The van der Waals surface area contributed by atoms with Crippen LogP contribution in [0.25, 0.3) is 0 Å². The number of anilines is 1. The average Bonchev–Trinajstić information content (AvgIpc) is 2.65. The molecule has 146 valence electrons. The molecule has 7 nitrogen and oxygen atoms in total. The number of hydrogen-bond acceptors (Lipinski definition) is 5. The maximum absolute atomic E-state index is 12.1. The van der Waals surface area contributed by atoms with E-state index in [4.69, 9.17) is 9.47 Å². The Bertz CT molecular complexity index is 572. The van der Waals surface area contributed by atoms with Crippen LogP contribution in [0, 0.1) is 0 Å². The zero-order valence-corrected chi connectivity index (χ0v) is 16.3. The van der Waals surface area contributed by atoms with E-state index < -0.39 is 11.8 Å². The molecule has 0 spiro atoms. The van der Waals surface area contributed by atoms with Crippen LogP contribution in [0.3, 0.4) is 0 Å². The van der Waals surface area contributed by atoms with Crippen molar-refractivity contribution in [2.24, 2.45) is 0 Å². The molecule has 26 heavy (non-hydrogen) atoms. The van der Waals surface area contributed by atoms with Crippen LogP contribution in [0.4, 0.5) is 5.69 Å². The summed E-state index contributed by atoms with van der Waals surface area (Å²) in [5, 5.41) is 5.22. The normalized spacial score (nSPS) is 10.5. The van der Waals surface area contributed by atoms with E-state index in [1.807, 2.05) is 0 Å². The van der Waals surface area contributed by atoms with E-state index >= 15 is 0 Å². The summed E-state index contributed by atoms with van der Waals surface area (Å²) in [7, 11) is 3.02. The van der Waals surface area contributed by atoms with Crippen molar-refractivity contribution in [2.45, 2.75) is 33.1 Å². The quantitative estimate of drug-likeness (QED) is 0.464. The Kier molecular flexibility index (Phi) is 10.2. The minimum atomic E-state index is -0.726. The molecule has 0 unspecified atom stereocenters. The van der Waals surface area contributed by atoms with Crippen LogP contribution < -0.4 is 20.1 Å². The van der Waals surface area contributed by atoms with Gasteiger partial charge in [0.25, 0.3) is 0 Å². The molecule has 0 heterocycles. The lowest BCUT2D eigenvalue weighted by atomic mass is 10.2. The molecule has 2 amide bonds. The Morgan fingerprint density at radius 2 is 1.69 bits per heavy atom. The molecule has 0 aliphatic heterocycles. The maximum atomic E-state index is 12.1. The third-order valence-corrected chi connectivity index (χ3v) is 3.88. The first kappa shape index (κ1) is 21.8. The first-order valence-electron chi connectivity index (χ1n) is 9.09. The first-order valence-corrected chi connectivity index (χ1v) is 9.09. The Morgan fingerprint density at radius 3 is 2.27 bits per heavy atom. The standard InChI is InChI=1S/C19H31N3O4/c1-5-11-22(12-6-2)13-7-10-20-18(23)19(24)21-16-14-15(25-3)8-9-17(16)26-4/h8-9,14H,5-7,10-13H2,1-4H3,(H,20,23)(H,21,24). The van der Waals surface area contributed by atoms with Crippen LogP contribution in [0.2, 0.25) is 0 Å². The number of benzene rings is 1. The second-order valence-electron chi connectivity index (χ2n) is 5.97. The molecule has 7 heteroatoms. The van der Waals surface area contributed by atoms with Crippen molar-refractivity contribution in [2.75, 3.05) is 45.7 Å². The fourth-order valence-corrected chi connectivity index (χ4v) is 2.64. The number of nitrogens with one attached hydrogen (secondary N) is 2. The van der Waals surface area contributed by atoms with E-state index in [-0.39, 0.29) is 0 Å². The largest absolute Gasteiger partial charge is 0.497 e. The summed E-state index contributed by atoms with van der Waals surface area (Å²) in [6, 6.07) is 4.99. The highest BCUT2D eigenvalue weighted by Crippen LogP contribution is 2.28. The van der Waals surface area contributed by atoms with Crippen molar-refractivity contribution < 1.29 is 19.1 Å². The lowest BCUT2D eigenvalue weighted by Gasteiger charge is -2.20. The molecule has 2 N–H and O–H groups in total. The molecule has 1 aromatic rings. The lowest BCUT2D eigenvalue weighted by molar-refractivity contribution is -0.136. The summed E-state index contributed by atoms with van der Waals surface area (Å²) in [6.07, 6.45) is 3.02. The van der Waals surface area contributed by atoms with Gasteiger partial charge in [-0.25, -0.2) is 0 Å². The topological polar surface area (TPSA) is 79.9 Å². The lowest BCUT2D eigenvalue weighted by Crippen LogP contribution is -2.37. The Labute approximate surface area is 156 Å². The second kappa shape index (κ2) is 12.1. The number of ether oxygens (including phenoxy) is 2. The molecule has 0 bridgehead atoms. The van der Waals surface area contributed by atoms with Gasteiger partial charge in [0.2, 0.25) is 0 Å². The van der Waals surface area contributed by atoms with E-state index in [1.54, 1.807) is 18.2 Å². The monoisotopic (exact) mass is 365 g/mol. The molecule has 1 rings (SSSR count). The first-order chi connectivity index (χ1) is 12.5. The predicted octanol–water partition coefficient (Wildman–Crippen LogP) is 2.27. The number of carbonyl (C=O) groups is 2. The highest BCUT2D eigenvalue weighted by atomic mass is 16.5. The summed E-state index contributed by atoms with van der Waals surface area (Å²) in [5.74, 6) is -0.363. The third-order valence-electron chi connectivity index (χ3n) is 3.88. The highest BCUT2D eigenvalue weighted by molar-refractivity contribution is 6.39. The average molecular weight is 365 g/mol. The molecular formula is C19H31N3O4. The Balaban J connectivity index is 2.47. The minimum absolute atomic E-state index is 0.393. The van der Waals surface area contributed by atoms with Gasteiger partial charge in [-0.2, -0.15) is 0 Å². The smallest absolute Gasteiger partial charge is 0.313 e. The maximum Gasteiger partial charge on any atom is 0.313 e. The number of methoxy groups -OCH3 is 2. The highest BCUT2D eigenvalue weighted by Gasteiger charge is 2.16. The van der Waals surface area contributed by atoms with E-state index in [0.717, 1.165) is 38.9 Å². The molecule has 0 saturated heterocycles. The SMILES string of the molecule is CCCN(CCC)CCCNC(=O)C(=O)Nc1cc(OC)ccc1OC. The van der Waals surface area contributed by atoms with Gasteiger partial charge < -0.3 is 25.0 Å². The van der Waals surface area contributed by atoms with Crippen LogP contribution >= 0.6 is 0 Å². The van der Waals surface area contributed by atoms with Gasteiger partial charge >= 0.3 is 11.8 Å². The molecule has 1 aromatic carbocycles. The van der Waals surface area contributed by atoms with E-state index in [2.05, 4.69) is 29.4 Å². The fraction of sp³-hybridized carbons (Fsp3) is 0.579. The number of amides is 2. The molecule has 0 saturated carbocycles. The number of hydrogen-bond donors (Lipinski definition) is 2. The van der Waals surface area contributed by atoms with Gasteiger partial charge in [0, 0.05) is 12.6 Å². The zero-order chi connectivity index (χ0) is 19.4. The molecule has 0 fully saturated rings. The summed E-state index contributed by atoms with van der Waals surface area (Å²) >= 11 is 0. The third kappa shape index (κ3) is 7.31. The van der Waals surface area contributed by atoms with E-state index in [1.165, 1.54) is 14.2 Å². The second-order valence-corrected chi connectivity index (χ2v) is 5.97. The molecule has 0 atom stereocenters.